The zero-order valence-corrected chi connectivity index (χ0v) is 23.1. The summed E-state index contributed by atoms with van der Waals surface area (Å²) >= 11 is 7.29. The van der Waals surface area contributed by atoms with E-state index in [4.69, 9.17) is 9.47 Å². The van der Waals surface area contributed by atoms with E-state index in [0.29, 0.717) is 17.9 Å². The molecule has 36 heavy (non-hydrogen) atoms. The molecule has 3 fully saturated rings. The van der Waals surface area contributed by atoms with E-state index in [0.717, 1.165) is 6.42 Å². The molecule has 0 spiro atoms. The zero-order valence-electron chi connectivity index (χ0n) is 19.9. The Balaban J connectivity index is 1.20. The van der Waals surface area contributed by atoms with Crippen LogP contribution in [0.4, 0.5) is 5.69 Å². The van der Waals surface area contributed by atoms with Crippen LogP contribution in [0.25, 0.3) is 0 Å². The highest BCUT2D eigenvalue weighted by Gasteiger charge is 2.66. The summed E-state index contributed by atoms with van der Waals surface area (Å²) in [6, 6.07) is 6.17. The molecule has 9 nitrogen and oxygen atoms in total. The summed E-state index contributed by atoms with van der Waals surface area (Å²) in [6.07, 6.45) is 0.663. The fourth-order valence-corrected chi connectivity index (χ4v) is 7.14. The van der Waals surface area contributed by atoms with Gasteiger partial charge in [0.2, 0.25) is 11.8 Å². The maximum absolute atomic E-state index is 12.9. The van der Waals surface area contributed by atoms with Gasteiger partial charge in [0, 0.05) is 21.9 Å². The van der Waals surface area contributed by atoms with Crippen molar-refractivity contribution in [2.24, 2.45) is 29.6 Å². The summed E-state index contributed by atoms with van der Waals surface area (Å²) in [5, 5.41) is 2.58. The lowest BCUT2D eigenvalue weighted by atomic mass is 9.81. The Kier molecular flexibility index (Phi) is 8.18. The standard InChI is InChI=1S/C25H28Br2N2O7/c1-12(2)10-36-25(34)13-3-5-14(6-4-13)28-17(30)11-35-18(31)7-8-29-23(32)19-15-9-16(20(19)24(29)33)22(27)21(15)26/h3-6,12,15-16,19-22H,7-11H2,1-2H3,(H,28,30)/t15-,16-,19-,20+,21-,22+/m1/s1. The number of hydrogen-bond acceptors (Lipinski definition) is 7. The van der Waals surface area contributed by atoms with E-state index >= 15 is 0 Å². The van der Waals surface area contributed by atoms with Crippen LogP contribution in [-0.4, -0.2) is 64.0 Å². The lowest BCUT2D eigenvalue weighted by Crippen LogP contribution is -2.37. The summed E-state index contributed by atoms with van der Waals surface area (Å²) in [4.78, 5) is 63.5. The van der Waals surface area contributed by atoms with Crippen molar-refractivity contribution in [3.63, 3.8) is 0 Å². The molecule has 1 aliphatic heterocycles. The van der Waals surface area contributed by atoms with Crippen molar-refractivity contribution in [1.82, 2.24) is 4.90 Å². The van der Waals surface area contributed by atoms with Crippen LogP contribution < -0.4 is 5.32 Å². The summed E-state index contributed by atoms with van der Waals surface area (Å²) in [5.41, 5.74) is 0.794. The Bertz CT molecular complexity index is 1030. The van der Waals surface area contributed by atoms with E-state index in [-0.39, 0.29) is 64.0 Å². The number of carbonyl (C=O) groups excluding carboxylic acids is 5. The normalized spacial score (nSPS) is 28.4. The number of imide groups is 1. The second kappa shape index (κ2) is 11.0. The van der Waals surface area contributed by atoms with Crippen LogP contribution in [0.3, 0.4) is 0 Å². The predicted octanol–water partition coefficient (Wildman–Crippen LogP) is 3.15. The Morgan fingerprint density at radius 1 is 1.00 bits per heavy atom. The van der Waals surface area contributed by atoms with Gasteiger partial charge in [0.25, 0.3) is 5.91 Å². The van der Waals surface area contributed by atoms with Crippen molar-refractivity contribution in [3.05, 3.63) is 29.8 Å². The van der Waals surface area contributed by atoms with Gasteiger partial charge in [-0.15, -0.1) is 0 Å². The first-order chi connectivity index (χ1) is 17.1. The molecule has 1 saturated heterocycles. The molecule has 6 atom stereocenters. The second-order valence-electron chi connectivity index (χ2n) is 9.86. The highest BCUT2D eigenvalue weighted by Crippen LogP contribution is 2.60. The van der Waals surface area contributed by atoms with Gasteiger partial charge in [-0.25, -0.2) is 4.79 Å². The van der Waals surface area contributed by atoms with Gasteiger partial charge in [-0.05, 0) is 48.4 Å². The molecule has 0 radical (unpaired) electrons. The monoisotopic (exact) mass is 626 g/mol. The third-order valence-electron chi connectivity index (χ3n) is 6.93. The van der Waals surface area contributed by atoms with E-state index in [2.05, 4.69) is 37.2 Å². The number of fused-ring (bicyclic) bond motifs is 5. The number of hydrogen-bond donors (Lipinski definition) is 1. The average molecular weight is 628 g/mol. The van der Waals surface area contributed by atoms with Gasteiger partial charge in [-0.3, -0.25) is 24.1 Å². The van der Waals surface area contributed by atoms with Gasteiger partial charge in [0.05, 0.1) is 30.4 Å². The number of benzene rings is 1. The van der Waals surface area contributed by atoms with Gasteiger partial charge >= 0.3 is 11.9 Å². The zero-order chi connectivity index (χ0) is 26.1. The molecule has 3 amide bonds. The molecule has 0 unspecified atom stereocenters. The van der Waals surface area contributed by atoms with Gasteiger partial charge in [-0.1, -0.05) is 45.7 Å². The number of ether oxygens (including phenoxy) is 2. The number of nitrogens with zero attached hydrogens (tertiary/aromatic N) is 1. The van der Waals surface area contributed by atoms with Crippen LogP contribution in [0.2, 0.25) is 0 Å². The number of halogens is 2. The van der Waals surface area contributed by atoms with Crippen molar-refractivity contribution in [2.75, 3.05) is 25.1 Å². The number of anilines is 1. The fraction of sp³-hybridized carbons (Fsp3) is 0.560. The molecule has 2 saturated carbocycles. The molecule has 1 aromatic rings. The molecule has 3 aliphatic rings. The van der Waals surface area contributed by atoms with Gasteiger partial charge < -0.3 is 14.8 Å². The third-order valence-corrected chi connectivity index (χ3v) is 10.1. The van der Waals surface area contributed by atoms with Crippen molar-refractivity contribution < 1.29 is 33.4 Å². The number of likely N-dealkylation sites (tertiary alicyclic amines) is 1. The van der Waals surface area contributed by atoms with Gasteiger partial charge in [-0.2, -0.15) is 0 Å². The quantitative estimate of drug-likeness (QED) is 0.254. The smallest absolute Gasteiger partial charge is 0.338 e. The van der Waals surface area contributed by atoms with E-state index in [1.165, 1.54) is 17.0 Å². The Morgan fingerprint density at radius 2 is 1.58 bits per heavy atom. The minimum absolute atomic E-state index is 0.0567. The maximum Gasteiger partial charge on any atom is 0.338 e. The molecule has 0 aromatic heterocycles. The van der Waals surface area contributed by atoms with Crippen LogP contribution in [0.15, 0.2) is 24.3 Å². The van der Waals surface area contributed by atoms with Crippen molar-refractivity contribution in [3.8, 4) is 0 Å². The average Bonchev–Trinajstić information content (AvgIpc) is 3.45. The Labute approximate surface area is 225 Å². The Hall–Kier alpha value is -2.27. The summed E-state index contributed by atoms with van der Waals surface area (Å²) in [5.74, 6) is -2.31. The molecule has 1 aromatic carbocycles. The van der Waals surface area contributed by atoms with Gasteiger partial charge in [0.1, 0.15) is 0 Å². The van der Waals surface area contributed by atoms with Crippen LogP contribution >= 0.6 is 31.9 Å². The number of carbonyl (C=O) groups is 5. The first-order valence-electron chi connectivity index (χ1n) is 11.9. The summed E-state index contributed by atoms with van der Waals surface area (Å²) < 4.78 is 10.2. The van der Waals surface area contributed by atoms with E-state index < -0.39 is 24.5 Å². The minimum Gasteiger partial charge on any atom is -0.462 e. The molecule has 194 valence electrons. The molecule has 2 bridgehead atoms. The number of amides is 3. The van der Waals surface area contributed by atoms with Gasteiger partial charge in [0.15, 0.2) is 6.61 Å². The van der Waals surface area contributed by atoms with Crippen molar-refractivity contribution in [1.29, 1.82) is 0 Å². The predicted molar refractivity (Wildman–Crippen MR) is 136 cm³/mol. The lowest BCUT2D eigenvalue weighted by Gasteiger charge is -2.28. The third kappa shape index (κ3) is 5.37. The highest BCUT2D eigenvalue weighted by molar-refractivity contribution is 9.12. The van der Waals surface area contributed by atoms with Crippen molar-refractivity contribution >= 4 is 67.2 Å². The molecule has 11 heteroatoms. The molecular weight excluding hydrogens is 600 g/mol. The largest absolute Gasteiger partial charge is 0.462 e. The van der Waals surface area contributed by atoms with Crippen LogP contribution in [0, 0.1) is 29.6 Å². The number of rotatable bonds is 9. The van der Waals surface area contributed by atoms with E-state index in [1.807, 2.05) is 13.8 Å². The molecule has 2 aliphatic carbocycles. The molecule has 4 rings (SSSR count). The first kappa shape index (κ1) is 26.8. The number of nitrogens with one attached hydrogen (secondary N) is 1. The minimum atomic E-state index is -0.675. The summed E-state index contributed by atoms with van der Waals surface area (Å²) in [6.45, 7) is 3.63. The van der Waals surface area contributed by atoms with Crippen LogP contribution in [-0.2, 0) is 28.7 Å². The molecule has 1 heterocycles. The van der Waals surface area contributed by atoms with E-state index in [9.17, 15) is 24.0 Å². The first-order valence-corrected chi connectivity index (χ1v) is 13.8. The molecular formula is C25H28Br2N2O7. The SMILES string of the molecule is CC(C)COC(=O)c1ccc(NC(=O)COC(=O)CCN2C(=O)[C@@H]3[C@H]4C[C@@H]([C@H](Br)[C@@H]4Br)[C@@H]3C2=O)cc1. The highest BCUT2D eigenvalue weighted by atomic mass is 79.9. The number of esters is 2. The van der Waals surface area contributed by atoms with Crippen LogP contribution in [0.5, 0.6) is 0 Å². The van der Waals surface area contributed by atoms with Crippen molar-refractivity contribution in [2.45, 2.75) is 36.3 Å². The van der Waals surface area contributed by atoms with Crippen LogP contribution in [0.1, 0.15) is 37.0 Å². The fourth-order valence-electron chi connectivity index (χ4n) is 5.26. The summed E-state index contributed by atoms with van der Waals surface area (Å²) in [7, 11) is 0. The Morgan fingerprint density at radius 3 is 2.14 bits per heavy atom. The van der Waals surface area contributed by atoms with E-state index in [1.54, 1.807) is 12.1 Å². The second-order valence-corrected chi connectivity index (χ2v) is 12.0. The lowest BCUT2D eigenvalue weighted by molar-refractivity contribution is -0.149. The number of alkyl halides is 2. The molecule has 1 N–H and O–H groups in total. The maximum atomic E-state index is 12.9. The topological polar surface area (TPSA) is 119 Å².